The molecular weight excluding hydrogens is 768 g/mol. The SMILES string of the molecule is C#Cc1c(F)ccc2cc(OCOC)cc(-c3nc(OC)c4c(N5C[C@H](CO)OC[C@@](C)(O)C5)nc(OC[C@]56CCC[C@H]5N(C(=O)OC(C)(C)C)CCC6)nc4c3F)c12. The maximum atomic E-state index is 17.6. The van der Waals surface area contributed by atoms with E-state index in [1.165, 1.54) is 32.4 Å². The molecule has 4 atom stereocenters. The highest BCUT2D eigenvalue weighted by atomic mass is 19.1. The predicted molar refractivity (Wildman–Crippen MR) is 215 cm³/mol. The predicted octanol–water partition coefficient (Wildman–Crippen LogP) is 5.99. The molecule has 2 aliphatic heterocycles. The highest BCUT2D eigenvalue weighted by Crippen LogP contribution is 2.49. The maximum absolute atomic E-state index is 17.6. The van der Waals surface area contributed by atoms with Crippen molar-refractivity contribution in [2.24, 2.45) is 5.41 Å². The van der Waals surface area contributed by atoms with E-state index in [9.17, 15) is 15.0 Å². The number of nitrogens with zero attached hydrogens (tertiary/aromatic N) is 5. The molecule has 1 aliphatic carbocycles. The quantitative estimate of drug-likeness (QED) is 0.142. The number of amides is 1. The van der Waals surface area contributed by atoms with Crippen LogP contribution in [0.2, 0.25) is 0 Å². The van der Waals surface area contributed by atoms with E-state index in [4.69, 9.17) is 39.8 Å². The summed E-state index contributed by atoms with van der Waals surface area (Å²) in [6.07, 6.45) is 8.64. The van der Waals surface area contributed by atoms with E-state index < -0.39 is 34.4 Å². The largest absolute Gasteiger partial charge is 0.480 e. The number of hydrogen-bond donors (Lipinski definition) is 2. The number of rotatable bonds is 10. The minimum Gasteiger partial charge on any atom is -0.480 e. The van der Waals surface area contributed by atoms with Gasteiger partial charge < -0.3 is 48.4 Å². The van der Waals surface area contributed by atoms with Crippen LogP contribution in [0.1, 0.15) is 65.4 Å². The average molecular weight is 820 g/mol. The molecule has 7 rings (SSSR count). The smallest absolute Gasteiger partial charge is 0.410 e. The summed E-state index contributed by atoms with van der Waals surface area (Å²) in [6, 6.07) is 5.52. The number of methoxy groups -OCH3 is 2. The van der Waals surface area contributed by atoms with Crippen molar-refractivity contribution in [1.82, 2.24) is 19.9 Å². The summed E-state index contributed by atoms with van der Waals surface area (Å²) in [5, 5.41) is 22.3. The van der Waals surface area contributed by atoms with Gasteiger partial charge in [0.05, 0.1) is 45.1 Å². The number of carbonyl (C=O) groups is 1. The summed E-state index contributed by atoms with van der Waals surface area (Å²) in [7, 11) is 2.81. The van der Waals surface area contributed by atoms with Crippen molar-refractivity contribution in [2.45, 2.75) is 83.1 Å². The monoisotopic (exact) mass is 819 g/mol. The van der Waals surface area contributed by atoms with E-state index >= 15 is 8.78 Å². The molecule has 2 aromatic carbocycles. The first-order valence-corrected chi connectivity index (χ1v) is 19.7. The van der Waals surface area contributed by atoms with E-state index in [2.05, 4.69) is 15.9 Å². The van der Waals surface area contributed by atoms with E-state index in [0.717, 1.165) is 32.1 Å². The lowest BCUT2D eigenvalue weighted by Gasteiger charge is -2.46. The number of aromatic nitrogens is 3. The Hall–Kier alpha value is -5.08. The summed E-state index contributed by atoms with van der Waals surface area (Å²) in [5.41, 5.74) is -3.05. The van der Waals surface area contributed by atoms with Crippen molar-refractivity contribution in [3.8, 4) is 41.2 Å². The normalized spacial score (nSPS) is 23.5. The number of β-amino-alcohol motifs (C(OH)–C–C–N with tert-alkyl or cyclic N) is 1. The summed E-state index contributed by atoms with van der Waals surface area (Å²) in [5.74, 6) is 1.09. The summed E-state index contributed by atoms with van der Waals surface area (Å²) >= 11 is 0. The van der Waals surface area contributed by atoms with Crippen molar-refractivity contribution in [3.05, 3.63) is 41.5 Å². The lowest BCUT2D eigenvalue weighted by molar-refractivity contribution is -0.0528. The van der Waals surface area contributed by atoms with Crippen LogP contribution in [0.15, 0.2) is 24.3 Å². The number of hydrogen-bond acceptors (Lipinski definition) is 13. The van der Waals surface area contributed by atoms with E-state index in [1.807, 2.05) is 20.8 Å². The number of anilines is 1. The molecule has 0 spiro atoms. The van der Waals surface area contributed by atoms with Crippen LogP contribution in [0.25, 0.3) is 32.9 Å². The Morgan fingerprint density at radius 2 is 1.88 bits per heavy atom. The van der Waals surface area contributed by atoms with Crippen molar-refractivity contribution < 1.29 is 52.2 Å². The van der Waals surface area contributed by atoms with Gasteiger partial charge in [-0.25, -0.2) is 18.6 Å². The third kappa shape index (κ3) is 8.39. The van der Waals surface area contributed by atoms with Crippen LogP contribution in [0, 0.1) is 29.4 Å². The zero-order chi connectivity index (χ0) is 42.3. The number of benzene rings is 2. The molecule has 2 N–H and O–H groups in total. The van der Waals surface area contributed by atoms with Crippen molar-refractivity contribution in [2.75, 3.05) is 65.4 Å². The molecule has 2 aromatic heterocycles. The average Bonchev–Trinajstić information content (AvgIpc) is 3.57. The van der Waals surface area contributed by atoms with E-state index in [1.54, 1.807) is 22.8 Å². The minimum atomic E-state index is -1.41. The van der Waals surface area contributed by atoms with Gasteiger partial charge in [-0.05, 0) is 77.0 Å². The highest BCUT2D eigenvalue weighted by Gasteiger charge is 2.51. The molecule has 0 radical (unpaired) electrons. The number of fused-ring (bicyclic) bond motifs is 3. The van der Waals surface area contributed by atoms with Crippen LogP contribution in [0.5, 0.6) is 17.6 Å². The lowest BCUT2D eigenvalue weighted by Crippen LogP contribution is -2.55. The second kappa shape index (κ2) is 16.5. The molecule has 14 nitrogen and oxygen atoms in total. The Morgan fingerprint density at radius 3 is 2.59 bits per heavy atom. The Bertz CT molecular complexity index is 2280. The molecule has 4 aromatic rings. The lowest BCUT2D eigenvalue weighted by atomic mass is 9.75. The Kier molecular flexibility index (Phi) is 11.8. The van der Waals surface area contributed by atoms with Crippen molar-refractivity contribution >= 4 is 33.6 Å². The van der Waals surface area contributed by atoms with Crippen LogP contribution >= 0.6 is 0 Å². The summed E-state index contributed by atoms with van der Waals surface area (Å²) < 4.78 is 67.8. The van der Waals surface area contributed by atoms with Crippen LogP contribution < -0.4 is 19.1 Å². The Balaban J connectivity index is 1.41. The van der Waals surface area contributed by atoms with E-state index in [-0.39, 0.29) is 108 Å². The number of halogens is 2. The van der Waals surface area contributed by atoms with Crippen LogP contribution in [-0.2, 0) is 14.2 Å². The fraction of sp³-hybridized carbons (Fsp3) is 0.535. The first kappa shape index (κ1) is 42.1. The number of pyridine rings is 1. The molecule has 1 amide bonds. The molecular formula is C43H51F2N5O9. The third-order valence-electron chi connectivity index (χ3n) is 11.2. The van der Waals surface area contributed by atoms with Gasteiger partial charge in [-0.3, -0.25) is 0 Å². The summed E-state index contributed by atoms with van der Waals surface area (Å²) in [4.78, 5) is 31.0. The molecule has 4 heterocycles. The number of piperidine rings is 1. The van der Waals surface area contributed by atoms with Gasteiger partial charge in [0.25, 0.3) is 0 Å². The third-order valence-corrected chi connectivity index (χ3v) is 11.2. The second-order valence-electron chi connectivity index (χ2n) is 16.9. The number of aliphatic hydroxyl groups excluding tert-OH is 1. The fourth-order valence-electron chi connectivity index (χ4n) is 8.71. The number of carbonyl (C=O) groups excluding carboxylic acids is 1. The summed E-state index contributed by atoms with van der Waals surface area (Å²) in [6.45, 7) is 7.20. The first-order chi connectivity index (χ1) is 28.1. The highest BCUT2D eigenvalue weighted by molar-refractivity contribution is 6.04. The molecule has 3 fully saturated rings. The zero-order valence-corrected chi connectivity index (χ0v) is 34.3. The van der Waals surface area contributed by atoms with Gasteiger partial charge in [-0.2, -0.15) is 9.97 Å². The second-order valence-corrected chi connectivity index (χ2v) is 16.9. The molecule has 2 saturated heterocycles. The number of terminal acetylenes is 1. The zero-order valence-electron chi connectivity index (χ0n) is 34.3. The molecule has 0 unspecified atom stereocenters. The van der Waals surface area contributed by atoms with Crippen molar-refractivity contribution in [1.29, 1.82) is 0 Å². The number of ether oxygens (including phenoxy) is 6. The van der Waals surface area contributed by atoms with Crippen LogP contribution in [0.4, 0.5) is 19.4 Å². The standard InChI is InChI=1S/C43H51F2N5O9/c1-8-28-30(44)13-12-25-17-26(58-24-54-6)18-29(32(25)28)35-34(45)36-33(38(46-35)55-7)37(49-19-27(20-51)56-22-42(5,53)21-49)48-39(47-36)57-23-43-14-9-11-31(43)50(16-10-15-43)40(52)59-41(2,3)4/h1,12-13,17-18,27,31,51,53H,9-11,14-16,19-24H2,2-7H3/t27-,31-,42+,43-/m1/s1. The molecule has 16 heteroatoms. The fourth-order valence-corrected chi connectivity index (χ4v) is 8.71. The van der Waals surface area contributed by atoms with E-state index in [0.29, 0.717) is 11.9 Å². The molecule has 0 bridgehead atoms. The number of likely N-dealkylation sites (tertiary alicyclic amines) is 1. The molecule has 1 saturated carbocycles. The van der Waals surface area contributed by atoms with Gasteiger partial charge >= 0.3 is 12.1 Å². The van der Waals surface area contributed by atoms with Crippen LogP contribution in [-0.4, -0.2) is 120 Å². The molecule has 3 aliphatic rings. The maximum Gasteiger partial charge on any atom is 0.410 e. The van der Waals surface area contributed by atoms with Gasteiger partial charge in [-0.15, -0.1) is 6.42 Å². The van der Waals surface area contributed by atoms with Gasteiger partial charge in [0.2, 0.25) is 5.88 Å². The van der Waals surface area contributed by atoms with Crippen LogP contribution in [0.3, 0.4) is 0 Å². The topological polar surface area (TPSA) is 158 Å². The Morgan fingerprint density at radius 1 is 1.10 bits per heavy atom. The molecule has 316 valence electrons. The van der Waals surface area contributed by atoms with Gasteiger partial charge in [0, 0.05) is 42.6 Å². The first-order valence-electron chi connectivity index (χ1n) is 19.7. The molecule has 59 heavy (non-hydrogen) atoms. The minimum absolute atomic E-state index is 0.0350. The van der Waals surface area contributed by atoms with Gasteiger partial charge in [0.15, 0.2) is 12.6 Å². The van der Waals surface area contributed by atoms with Gasteiger partial charge in [0.1, 0.15) is 45.2 Å². The number of aliphatic hydroxyl groups is 2. The van der Waals surface area contributed by atoms with Crippen molar-refractivity contribution in [3.63, 3.8) is 0 Å². The van der Waals surface area contributed by atoms with Gasteiger partial charge in [-0.1, -0.05) is 18.4 Å². The Labute approximate surface area is 341 Å².